The molecule has 0 bridgehead atoms. The van der Waals surface area contributed by atoms with E-state index in [4.69, 9.17) is 15.9 Å². The fourth-order valence-electron chi connectivity index (χ4n) is 3.41. The van der Waals surface area contributed by atoms with Crippen LogP contribution in [0.15, 0.2) is 54.6 Å². The molecule has 6 heteroatoms. The van der Waals surface area contributed by atoms with E-state index < -0.39 is 0 Å². The van der Waals surface area contributed by atoms with Gasteiger partial charge in [0.15, 0.2) is 11.1 Å². The summed E-state index contributed by atoms with van der Waals surface area (Å²) in [4.78, 5) is 5.84. The first-order valence-corrected chi connectivity index (χ1v) is 9.85. The zero-order valence-electron chi connectivity index (χ0n) is 14.9. The zero-order valence-corrected chi connectivity index (χ0v) is 15.8. The molecule has 1 aliphatic carbocycles. The van der Waals surface area contributed by atoms with Crippen molar-refractivity contribution >= 4 is 22.4 Å². The van der Waals surface area contributed by atoms with Gasteiger partial charge in [-0.05, 0) is 48.4 Å². The van der Waals surface area contributed by atoms with Gasteiger partial charge in [-0.15, -0.1) is 11.3 Å². The molecule has 27 heavy (non-hydrogen) atoms. The van der Waals surface area contributed by atoms with Crippen LogP contribution in [0.1, 0.15) is 34.0 Å². The van der Waals surface area contributed by atoms with Crippen molar-refractivity contribution in [3.8, 4) is 5.75 Å². The second-order valence-electron chi connectivity index (χ2n) is 6.71. The largest absolute Gasteiger partial charge is 0.489 e. The second kappa shape index (κ2) is 7.80. The number of aromatic nitrogens is 1. The van der Waals surface area contributed by atoms with Gasteiger partial charge in [-0.25, -0.2) is 4.98 Å². The van der Waals surface area contributed by atoms with Crippen molar-refractivity contribution in [2.45, 2.75) is 31.8 Å². The predicted molar refractivity (Wildman–Crippen MR) is 110 cm³/mol. The van der Waals surface area contributed by atoms with E-state index >= 15 is 0 Å². The molecule has 5 nitrogen and oxygen atoms in total. The number of guanidine groups is 1. The quantitative estimate of drug-likeness (QED) is 0.456. The number of rotatable bonds is 5. The summed E-state index contributed by atoms with van der Waals surface area (Å²) >= 11 is 1.60. The smallest absolute Gasteiger partial charge is 0.192 e. The van der Waals surface area contributed by atoms with E-state index in [9.17, 15) is 0 Å². The molecule has 3 aromatic rings. The van der Waals surface area contributed by atoms with E-state index in [1.807, 2.05) is 18.2 Å². The Balaban J connectivity index is 1.39. The highest BCUT2D eigenvalue weighted by Gasteiger charge is 2.24. The molecule has 0 saturated heterocycles. The first-order valence-electron chi connectivity index (χ1n) is 9.03. The average Bonchev–Trinajstić information content (AvgIpc) is 3.08. The minimum Gasteiger partial charge on any atom is -0.489 e. The van der Waals surface area contributed by atoms with E-state index in [-0.39, 0.29) is 5.96 Å². The number of hydrogen-bond donors (Lipinski definition) is 3. The van der Waals surface area contributed by atoms with Crippen LogP contribution in [0.2, 0.25) is 0 Å². The molecule has 0 fully saturated rings. The third kappa shape index (κ3) is 4.28. The third-order valence-corrected chi connectivity index (χ3v) is 5.82. The van der Waals surface area contributed by atoms with Gasteiger partial charge in [0, 0.05) is 4.88 Å². The Morgan fingerprint density at radius 3 is 2.70 bits per heavy atom. The number of anilines is 1. The molecule has 1 atom stereocenters. The summed E-state index contributed by atoms with van der Waals surface area (Å²) in [6.45, 7) is 0.583. The summed E-state index contributed by atoms with van der Waals surface area (Å²) in [5, 5.41) is 10.9. The average molecular weight is 379 g/mol. The lowest BCUT2D eigenvalue weighted by atomic mass is 9.85. The Hall–Kier alpha value is -2.86. The number of nitrogens with zero attached hydrogens (tertiary/aromatic N) is 1. The minimum atomic E-state index is -0.0660. The maximum Gasteiger partial charge on any atom is 0.192 e. The number of hydrogen-bond acceptors (Lipinski definition) is 4. The van der Waals surface area contributed by atoms with Crippen LogP contribution in [-0.4, -0.2) is 10.9 Å². The Kier molecular flexibility index (Phi) is 5.07. The highest BCUT2D eigenvalue weighted by Crippen LogP contribution is 2.37. The van der Waals surface area contributed by atoms with E-state index in [1.165, 1.54) is 16.0 Å². The summed E-state index contributed by atoms with van der Waals surface area (Å²) in [7, 11) is 0. The van der Waals surface area contributed by atoms with Crippen LogP contribution in [0.3, 0.4) is 0 Å². The molecule has 0 aliphatic heterocycles. The van der Waals surface area contributed by atoms with Crippen molar-refractivity contribution in [1.82, 2.24) is 4.98 Å². The molecule has 0 saturated carbocycles. The number of aryl methyl sites for hydroxylation is 1. The summed E-state index contributed by atoms with van der Waals surface area (Å²) < 4.78 is 5.88. The molecule has 1 aromatic heterocycles. The second-order valence-corrected chi connectivity index (χ2v) is 7.79. The van der Waals surface area contributed by atoms with Gasteiger partial charge in [0.1, 0.15) is 12.4 Å². The fraction of sp³-hybridized carbons (Fsp3) is 0.238. The molecule has 0 spiro atoms. The standard InChI is InChI=1S/C21H22N4OS/c22-20(23)25-21-24-18-11-8-16(12-19(18)27-21)15-6-9-17(10-7-15)26-13-14-4-2-1-3-5-14/h1-7,9-10,16H,8,11-13H2,(H4,22,23,24,25)/t16-/m1/s1. The van der Waals surface area contributed by atoms with Crippen molar-refractivity contribution in [2.24, 2.45) is 5.73 Å². The van der Waals surface area contributed by atoms with Gasteiger partial charge in [-0.3, -0.25) is 5.41 Å². The number of nitrogens with one attached hydrogen (secondary N) is 2. The highest BCUT2D eigenvalue weighted by atomic mass is 32.1. The highest BCUT2D eigenvalue weighted by molar-refractivity contribution is 7.15. The number of nitrogens with two attached hydrogens (primary N) is 1. The Morgan fingerprint density at radius 1 is 1.19 bits per heavy atom. The molecular weight excluding hydrogens is 356 g/mol. The summed E-state index contributed by atoms with van der Waals surface area (Å²) in [6.07, 6.45) is 3.03. The first kappa shape index (κ1) is 17.5. The van der Waals surface area contributed by atoms with E-state index in [0.717, 1.165) is 35.8 Å². The number of benzene rings is 2. The number of fused-ring (bicyclic) bond motifs is 1. The van der Waals surface area contributed by atoms with Gasteiger partial charge in [-0.2, -0.15) is 0 Å². The first-order chi connectivity index (χ1) is 13.2. The lowest BCUT2D eigenvalue weighted by molar-refractivity contribution is 0.306. The summed E-state index contributed by atoms with van der Waals surface area (Å²) in [5.74, 6) is 1.32. The van der Waals surface area contributed by atoms with Crippen molar-refractivity contribution in [1.29, 1.82) is 5.41 Å². The third-order valence-electron chi connectivity index (χ3n) is 4.78. The fourth-order valence-corrected chi connectivity index (χ4v) is 4.51. The summed E-state index contributed by atoms with van der Waals surface area (Å²) in [5.41, 5.74) is 9.05. The molecule has 2 aromatic carbocycles. The SMILES string of the molecule is N=C(N)Nc1nc2c(s1)C[C@H](c1ccc(OCc3ccccc3)cc1)CC2. The van der Waals surface area contributed by atoms with Crippen molar-refractivity contribution < 1.29 is 4.74 Å². The van der Waals surface area contributed by atoms with E-state index in [0.29, 0.717) is 12.5 Å². The van der Waals surface area contributed by atoms with Crippen LogP contribution in [0.4, 0.5) is 5.13 Å². The lowest BCUT2D eigenvalue weighted by Crippen LogP contribution is -2.20. The Morgan fingerprint density at radius 2 is 1.96 bits per heavy atom. The molecule has 4 N–H and O–H groups in total. The maximum atomic E-state index is 7.35. The van der Waals surface area contributed by atoms with Gasteiger partial charge in [0.25, 0.3) is 0 Å². The lowest BCUT2D eigenvalue weighted by Gasteiger charge is -2.21. The van der Waals surface area contributed by atoms with Gasteiger partial charge >= 0.3 is 0 Å². The molecule has 4 rings (SSSR count). The van der Waals surface area contributed by atoms with Crippen LogP contribution in [0.25, 0.3) is 0 Å². The molecular formula is C21H22N4OS. The Bertz CT molecular complexity index is 921. The molecule has 0 radical (unpaired) electrons. The number of thiazole rings is 1. The topological polar surface area (TPSA) is 84.0 Å². The number of ether oxygens (including phenoxy) is 1. The van der Waals surface area contributed by atoms with Gasteiger partial charge in [0.05, 0.1) is 5.69 Å². The van der Waals surface area contributed by atoms with Crippen LogP contribution in [0, 0.1) is 5.41 Å². The molecule has 1 heterocycles. The zero-order chi connectivity index (χ0) is 18.6. The normalized spacial score (nSPS) is 15.8. The van der Waals surface area contributed by atoms with Gasteiger partial charge in [0.2, 0.25) is 0 Å². The van der Waals surface area contributed by atoms with Gasteiger partial charge < -0.3 is 15.8 Å². The van der Waals surface area contributed by atoms with Crippen LogP contribution in [0.5, 0.6) is 5.75 Å². The molecule has 0 unspecified atom stereocenters. The minimum absolute atomic E-state index is 0.0660. The van der Waals surface area contributed by atoms with Crippen LogP contribution >= 0.6 is 11.3 Å². The van der Waals surface area contributed by atoms with Crippen LogP contribution < -0.4 is 15.8 Å². The van der Waals surface area contributed by atoms with Crippen LogP contribution in [-0.2, 0) is 19.4 Å². The maximum absolute atomic E-state index is 7.35. The van der Waals surface area contributed by atoms with Gasteiger partial charge in [-0.1, -0.05) is 42.5 Å². The molecule has 138 valence electrons. The predicted octanol–water partition coefficient (Wildman–Crippen LogP) is 4.30. The van der Waals surface area contributed by atoms with Crippen molar-refractivity contribution in [3.05, 3.63) is 76.3 Å². The van der Waals surface area contributed by atoms with Crippen molar-refractivity contribution in [2.75, 3.05) is 5.32 Å². The van der Waals surface area contributed by atoms with E-state index in [1.54, 1.807) is 11.3 Å². The molecule has 0 amide bonds. The van der Waals surface area contributed by atoms with Crippen molar-refractivity contribution in [3.63, 3.8) is 0 Å². The summed E-state index contributed by atoms with van der Waals surface area (Å²) in [6, 6.07) is 18.7. The molecule has 1 aliphatic rings. The van der Waals surface area contributed by atoms with E-state index in [2.05, 4.69) is 46.7 Å². The monoisotopic (exact) mass is 378 g/mol. The Labute approximate surface area is 162 Å².